The minimum atomic E-state index is -0.731. The van der Waals surface area contributed by atoms with Gasteiger partial charge in [-0.2, -0.15) is 0 Å². The van der Waals surface area contributed by atoms with Gasteiger partial charge in [0.05, 0.1) is 24.0 Å². The number of rotatable bonds is 4. The van der Waals surface area contributed by atoms with Crippen LogP contribution in [-0.4, -0.2) is 42.0 Å². The molecule has 0 bridgehead atoms. The number of hydrogen-bond donors (Lipinski definition) is 1. The summed E-state index contributed by atoms with van der Waals surface area (Å²) in [6, 6.07) is 7.22. The molecule has 1 N–H and O–H groups in total. The van der Waals surface area contributed by atoms with E-state index < -0.39 is 23.8 Å². The van der Waals surface area contributed by atoms with Gasteiger partial charge >= 0.3 is 0 Å². The number of hydrogen-bond acceptors (Lipinski definition) is 3. The molecular formula is C21H18F2N2O3. The molecule has 1 saturated heterocycles. The van der Waals surface area contributed by atoms with Crippen LogP contribution in [0.1, 0.15) is 16.8 Å². The molecule has 0 radical (unpaired) electrons. The standard InChI is InChI=1S/C21H18F2N2O3/c1-2-9-28-18-7-8-25-19(18)20(26)24-17-6-3-12(10-15(17)21(25)27)14-5-4-13(22)11-16(14)23/h2-6,10-11,18-19H,1,7-9H2,(H,24,26)/t18-,19-/m0/s1. The minimum absolute atomic E-state index is 0.178. The Labute approximate surface area is 160 Å². The van der Waals surface area contributed by atoms with Crippen molar-refractivity contribution in [2.75, 3.05) is 18.5 Å². The van der Waals surface area contributed by atoms with Crippen LogP contribution < -0.4 is 5.32 Å². The zero-order valence-corrected chi connectivity index (χ0v) is 15.0. The Kier molecular flexibility index (Phi) is 4.68. The highest BCUT2D eigenvalue weighted by molar-refractivity contribution is 6.11. The lowest BCUT2D eigenvalue weighted by Gasteiger charge is -2.24. The number of nitrogens with zero attached hydrogens (tertiary/aromatic N) is 1. The molecule has 1 fully saturated rings. The number of carbonyl (C=O) groups is 2. The number of carbonyl (C=O) groups excluding carboxylic acids is 2. The van der Waals surface area contributed by atoms with Crippen molar-refractivity contribution < 1.29 is 23.1 Å². The zero-order chi connectivity index (χ0) is 19.8. The molecule has 2 atom stereocenters. The van der Waals surface area contributed by atoms with Crippen molar-refractivity contribution in [3.8, 4) is 11.1 Å². The van der Waals surface area contributed by atoms with E-state index in [-0.39, 0.29) is 29.5 Å². The summed E-state index contributed by atoms with van der Waals surface area (Å²) >= 11 is 0. The Morgan fingerprint density at radius 1 is 1.18 bits per heavy atom. The van der Waals surface area contributed by atoms with E-state index in [1.54, 1.807) is 18.2 Å². The summed E-state index contributed by atoms with van der Waals surface area (Å²) in [6.45, 7) is 4.27. The van der Waals surface area contributed by atoms with E-state index in [1.165, 1.54) is 17.0 Å². The fraction of sp³-hybridized carbons (Fsp3) is 0.238. The maximum absolute atomic E-state index is 14.2. The van der Waals surface area contributed by atoms with Crippen molar-refractivity contribution in [3.63, 3.8) is 0 Å². The fourth-order valence-corrected chi connectivity index (χ4v) is 3.75. The second kappa shape index (κ2) is 7.16. The molecule has 2 amide bonds. The van der Waals surface area contributed by atoms with Crippen LogP contribution in [0.5, 0.6) is 0 Å². The Morgan fingerprint density at radius 2 is 2.00 bits per heavy atom. The van der Waals surface area contributed by atoms with Gasteiger partial charge in [-0.15, -0.1) is 6.58 Å². The third-order valence-corrected chi connectivity index (χ3v) is 5.05. The van der Waals surface area contributed by atoms with Crippen LogP contribution in [0.15, 0.2) is 49.1 Å². The highest BCUT2D eigenvalue weighted by atomic mass is 19.1. The van der Waals surface area contributed by atoms with Crippen molar-refractivity contribution in [1.29, 1.82) is 0 Å². The van der Waals surface area contributed by atoms with E-state index in [4.69, 9.17) is 4.74 Å². The molecule has 2 heterocycles. The smallest absolute Gasteiger partial charge is 0.256 e. The van der Waals surface area contributed by atoms with Gasteiger partial charge in [-0.25, -0.2) is 8.78 Å². The number of fused-ring (bicyclic) bond motifs is 2. The maximum atomic E-state index is 14.2. The second-order valence-electron chi connectivity index (χ2n) is 6.77. The number of halogens is 2. The Morgan fingerprint density at radius 3 is 2.75 bits per heavy atom. The van der Waals surface area contributed by atoms with Crippen LogP contribution in [0, 0.1) is 11.6 Å². The minimum Gasteiger partial charge on any atom is -0.371 e. The van der Waals surface area contributed by atoms with E-state index in [9.17, 15) is 18.4 Å². The van der Waals surface area contributed by atoms with Gasteiger partial charge in [0, 0.05) is 18.2 Å². The van der Waals surface area contributed by atoms with Gasteiger partial charge < -0.3 is 15.0 Å². The quantitative estimate of drug-likeness (QED) is 0.823. The van der Waals surface area contributed by atoms with Gasteiger partial charge in [-0.05, 0) is 36.2 Å². The highest BCUT2D eigenvalue weighted by Crippen LogP contribution is 2.33. The highest BCUT2D eigenvalue weighted by Gasteiger charge is 2.45. The Bertz CT molecular complexity index is 976. The molecule has 0 aliphatic carbocycles. The number of amides is 2. The van der Waals surface area contributed by atoms with Gasteiger partial charge in [0.15, 0.2) is 0 Å². The van der Waals surface area contributed by atoms with Crippen molar-refractivity contribution in [1.82, 2.24) is 4.90 Å². The summed E-state index contributed by atoms with van der Waals surface area (Å²) in [5, 5.41) is 2.77. The zero-order valence-electron chi connectivity index (χ0n) is 15.0. The third-order valence-electron chi connectivity index (χ3n) is 5.05. The molecule has 2 aromatic carbocycles. The monoisotopic (exact) mass is 384 g/mol. The van der Waals surface area contributed by atoms with Crippen LogP contribution in [0.3, 0.4) is 0 Å². The Hall–Kier alpha value is -3.06. The summed E-state index contributed by atoms with van der Waals surface area (Å²) in [4.78, 5) is 27.3. The summed E-state index contributed by atoms with van der Waals surface area (Å²) in [6.07, 6.45) is 1.72. The molecule has 0 spiro atoms. The second-order valence-corrected chi connectivity index (χ2v) is 6.77. The van der Waals surface area contributed by atoms with E-state index in [0.29, 0.717) is 24.2 Å². The largest absolute Gasteiger partial charge is 0.371 e. The molecule has 2 aliphatic heterocycles. The van der Waals surface area contributed by atoms with E-state index in [0.717, 1.165) is 12.1 Å². The van der Waals surface area contributed by atoms with E-state index >= 15 is 0 Å². The molecule has 2 aliphatic rings. The lowest BCUT2D eigenvalue weighted by atomic mass is 10.0. The van der Waals surface area contributed by atoms with Crippen molar-refractivity contribution >= 4 is 17.5 Å². The number of anilines is 1. The lowest BCUT2D eigenvalue weighted by Crippen LogP contribution is -2.46. The van der Waals surface area contributed by atoms with E-state index in [1.807, 2.05) is 0 Å². The van der Waals surface area contributed by atoms with Crippen LogP contribution >= 0.6 is 0 Å². The first kappa shape index (κ1) is 18.3. The predicted octanol–water partition coefficient (Wildman–Crippen LogP) is 3.37. The van der Waals surface area contributed by atoms with Crippen LogP contribution in [0.4, 0.5) is 14.5 Å². The molecule has 2 aromatic rings. The average Bonchev–Trinajstić information content (AvgIpc) is 3.06. The Balaban J connectivity index is 1.71. The van der Waals surface area contributed by atoms with Gasteiger partial charge in [0.25, 0.3) is 5.91 Å². The van der Waals surface area contributed by atoms with Gasteiger partial charge in [0.2, 0.25) is 5.91 Å². The number of nitrogens with one attached hydrogen (secondary N) is 1. The SMILES string of the molecule is C=CCO[C@H]1CCN2C(=O)c3cc(-c4ccc(F)cc4F)ccc3NC(=O)[C@H]12. The molecule has 0 saturated carbocycles. The summed E-state index contributed by atoms with van der Waals surface area (Å²) in [7, 11) is 0. The average molecular weight is 384 g/mol. The normalized spacial score (nSPS) is 21.0. The molecular weight excluding hydrogens is 366 g/mol. The predicted molar refractivity (Wildman–Crippen MR) is 99.8 cm³/mol. The fourth-order valence-electron chi connectivity index (χ4n) is 3.75. The molecule has 0 aromatic heterocycles. The third kappa shape index (κ3) is 3.07. The first-order valence-corrected chi connectivity index (χ1v) is 8.93. The van der Waals surface area contributed by atoms with E-state index in [2.05, 4.69) is 11.9 Å². The van der Waals surface area contributed by atoms with Crippen molar-refractivity contribution in [2.45, 2.75) is 18.6 Å². The lowest BCUT2D eigenvalue weighted by molar-refractivity contribution is -0.122. The van der Waals surface area contributed by atoms with Crippen LogP contribution in [0.25, 0.3) is 11.1 Å². The molecule has 7 heteroatoms. The summed E-state index contributed by atoms with van der Waals surface area (Å²) in [5.74, 6) is -2.04. The first-order valence-electron chi connectivity index (χ1n) is 8.93. The topological polar surface area (TPSA) is 58.6 Å². The summed E-state index contributed by atoms with van der Waals surface area (Å²) in [5.41, 5.74) is 1.23. The van der Waals surface area contributed by atoms with Gasteiger partial charge in [0.1, 0.15) is 17.7 Å². The number of ether oxygens (including phenoxy) is 1. The van der Waals surface area contributed by atoms with Crippen molar-refractivity contribution in [3.05, 3.63) is 66.3 Å². The molecule has 28 heavy (non-hydrogen) atoms. The van der Waals surface area contributed by atoms with Crippen LogP contribution in [-0.2, 0) is 9.53 Å². The van der Waals surface area contributed by atoms with Gasteiger partial charge in [-0.1, -0.05) is 12.1 Å². The molecule has 0 unspecified atom stereocenters. The maximum Gasteiger partial charge on any atom is 0.256 e. The molecule has 5 nitrogen and oxygen atoms in total. The van der Waals surface area contributed by atoms with Gasteiger partial charge in [-0.3, -0.25) is 9.59 Å². The number of benzene rings is 2. The van der Waals surface area contributed by atoms with Crippen molar-refractivity contribution in [2.24, 2.45) is 0 Å². The molecule has 144 valence electrons. The van der Waals surface area contributed by atoms with Crippen LogP contribution in [0.2, 0.25) is 0 Å². The summed E-state index contributed by atoms with van der Waals surface area (Å²) < 4.78 is 33.0. The first-order chi connectivity index (χ1) is 13.5. The molecule has 4 rings (SSSR count).